The molecule has 1 aliphatic carbocycles. The minimum atomic E-state index is -0.102. The summed E-state index contributed by atoms with van der Waals surface area (Å²) in [4.78, 5) is 10.6. The fraction of sp³-hybridized carbons (Fsp3) is 0.857. The second-order valence-electron chi connectivity index (χ2n) is 2.74. The number of amides is 1. The molecule has 0 aliphatic heterocycles. The molecule has 1 rings (SSSR count). The van der Waals surface area contributed by atoms with E-state index in [2.05, 4.69) is 0 Å². The molecule has 0 spiro atoms. The zero-order chi connectivity index (χ0) is 6.69. The Kier molecular flexibility index (Phi) is 4.85. The first-order chi connectivity index (χ1) is 4.30. The van der Waals surface area contributed by atoms with E-state index in [0.717, 1.165) is 12.8 Å². The molecule has 0 heterocycles. The quantitative estimate of drug-likeness (QED) is 0.520. The number of hydrogen-bond acceptors (Lipinski definition) is 1. The van der Waals surface area contributed by atoms with Gasteiger partial charge in [0.25, 0.3) is 0 Å². The van der Waals surface area contributed by atoms with Crippen molar-refractivity contribution in [3.8, 4) is 0 Å². The second-order valence-corrected chi connectivity index (χ2v) is 2.74. The van der Waals surface area contributed by atoms with Crippen molar-refractivity contribution in [3.63, 3.8) is 0 Å². The molecule has 0 aromatic rings. The molecule has 0 saturated heterocycles. The van der Waals surface area contributed by atoms with Crippen molar-refractivity contribution in [2.24, 2.45) is 11.7 Å². The van der Waals surface area contributed by atoms with E-state index in [-0.39, 0.29) is 30.7 Å². The van der Waals surface area contributed by atoms with Crippen LogP contribution in [0.1, 0.15) is 32.1 Å². The topological polar surface area (TPSA) is 43.1 Å². The third kappa shape index (κ3) is 2.77. The Balaban J connectivity index is 0.000000810. The summed E-state index contributed by atoms with van der Waals surface area (Å²) in [6.07, 6.45) is 5.70. The van der Waals surface area contributed by atoms with Crippen LogP contribution in [0.4, 0.5) is 0 Å². The van der Waals surface area contributed by atoms with Crippen molar-refractivity contribution in [3.05, 3.63) is 0 Å². The molecule has 10 heavy (non-hydrogen) atoms. The maximum atomic E-state index is 10.6. The van der Waals surface area contributed by atoms with Crippen LogP contribution in [0.15, 0.2) is 0 Å². The van der Waals surface area contributed by atoms with E-state index < -0.39 is 0 Å². The first-order valence-corrected chi connectivity index (χ1v) is 3.60. The van der Waals surface area contributed by atoms with Crippen molar-refractivity contribution in [1.82, 2.24) is 0 Å². The maximum absolute atomic E-state index is 10.6. The van der Waals surface area contributed by atoms with Gasteiger partial charge >= 0.3 is 18.9 Å². The van der Waals surface area contributed by atoms with Crippen molar-refractivity contribution in [2.75, 3.05) is 0 Å². The molecular formula is C7H14LiNO. The number of nitrogens with two attached hydrogens (primary N) is 1. The van der Waals surface area contributed by atoms with E-state index in [4.69, 9.17) is 5.73 Å². The van der Waals surface area contributed by atoms with E-state index in [0.29, 0.717) is 0 Å². The van der Waals surface area contributed by atoms with Crippen LogP contribution < -0.4 is 5.73 Å². The second kappa shape index (κ2) is 4.82. The molecular weight excluding hydrogens is 121 g/mol. The van der Waals surface area contributed by atoms with E-state index >= 15 is 0 Å². The van der Waals surface area contributed by atoms with Gasteiger partial charge in [0.2, 0.25) is 5.91 Å². The first-order valence-electron chi connectivity index (χ1n) is 3.60. The SMILES string of the molecule is NC(=O)C1CCCCC1.[LiH]. The zero-order valence-electron chi connectivity index (χ0n) is 5.60. The Morgan fingerprint density at radius 2 is 1.70 bits per heavy atom. The van der Waals surface area contributed by atoms with Gasteiger partial charge in [0.05, 0.1) is 0 Å². The van der Waals surface area contributed by atoms with Crippen molar-refractivity contribution >= 4 is 24.8 Å². The molecule has 54 valence electrons. The van der Waals surface area contributed by atoms with Crippen LogP contribution in [0.2, 0.25) is 0 Å². The van der Waals surface area contributed by atoms with E-state index in [1.807, 2.05) is 0 Å². The summed E-state index contributed by atoms with van der Waals surface area (Å²) >= 11 is 0. The number of hydrogen-bond donors (Lipinski definition) is 1. The predicted molar refractivity (Wildman–Crippen MR) is 42.9 cm³/mol. The van der Waals surface area contributed by atoms with E-state index in [1.165, 1.54) is 19.3 Å². The molecule has 1 fully saturated rings. The fourth-order valence-electron chi connectivity index (χ4n) is 1.39. The van der Waals surface area contributed by atoms with Crippen LogP contribution in [0.25, 0.3) is 0 Å². The zero-order valence-corrected chi connectivity index (χ0v) is 5.60. The normalized spacial score (nSPS) is 19.6. The van der Waals surface area contributed by atoms with E-state index in [9.17, 15) is 4.79 Å². The van der Waals surface area contributed by atoms with Gasteiger partial charge in [-0.15, -0.1) is 0 Å². The molecule has 0 atom stereocenters. The molecule has 0 radical (unpaired) electrons. The Bertz CT molecular complexity index is 110. The van der Waals surface area contributed by atoms with Gasteiger partial charge in [0.15, 0.2) is 0 Å². The summed E-state index contributed by atoms with van der Waals surface area (Å²) in [5.41, 5.74) is 5.13. The summed E-state index contributed by atoms with van der Waals surface area (Å²) in [5.74, 6) is 0.0912. The number of carbonyl (C=O) groups is 1. The van der Waals surface area contributed by atoms with Gasteiger partial charge in [0, 0.05) is 5.92 Å². The molecule has 0 unspecified atom stereocenters. The molecule has 1 saturated carbocycles. The van der Waals surface area contributed by atoms with Gasteiger partial charge < -0.3 is 5.73 Å². The first kappa shape index (κ1) is 10.1. The summed E-state index contributed by atoms with van der Waals surface area (Å²) in [5, 5.41) is 0. The van der Waals surface area contributed by atoms with Gasteiger partial charge in [-0.2, -0.15) is 0 Å². The molecule has 0 bridgehead atoms. The Hall–Kier alpha value is 0.0674. The van der Waals surface area contributed by atoms with Crippen LogP contribution in [-0.4, -0.2) is 24.8 Å². The average Bonchev–Trinajstić information content (AvgIpc) is 1.90. The van der Waals surface area contributed by atoms with Crippen LogP contribution in [0, 0.1) is 5.92 Å². The average molecular weight is 135 g/mol. The molecule has 0 aromatic heterocycles. The van der Waals surface area contributed by atoms with E-state index in [1.54, 1.807) is 0 Å². The molecule has 1 aliphatic rings. The fourth-order valence-corrected chi connectivity index (χ4v) is 1.39. The molecule has 2 nitrogen and oxygen atoms in total. The molecule has 0 aromatic carbocycles. The van der Waals surface area contributed by atoms with Crippen LogP contribution in [-0.2, 0) is 4.79 Å². The predicted octanol–water partition coefficient (Wildman–Crippen LogP) is 0.403. The van der Waals surface area contributed by atoms with Gasteiger partial charge in [0.1, 0.15) is 0 Å². The van der Waals surface area contributed by atoms with Gasteiger partial charge in [-0.1, -0.05) is 19.3 Å². The summed E-state index contributed by atoms with van der Waals surface area (Å²) in [7, 11) is 0. The summed E-state index contributed by atoms with van der Waals surface area (Å²) in [6.45, 7) is 0. The number of primary amides is 1. The van der Waals surface area contributed by atoms with Gasteiger partial charge in [-0.25, -0.2) is 0 Å². The van der Waals surface area contributed by atoms with Crippen molar-refractivity contribution in [1.29, 1.82) is 0 Å². The third-order valence-electron chi connectivity index (χ3n) is 2.01. The van der Waals surface area contributed by atoms with Crippen molar-refractivity contribution < 1.29 is 4.79 Å². The Morgan fingerprint density at radius 1 is 1.20 bits per heavy atom. The van der Waals surface area contributed by atoms with Crippen molar-refractivity contribution in [2.45, 2.75) is 32.1 Å². The number of rotatable bonds is 1. The Labute approximate surface area is 73.7 Å². The third-order valence-corrected chi connectivity index (χ3v) is 2.01. The number of carbonyl (C=O) groups excluding carboxylic acids is 1. The minimum absolute atomic E-state index is 0. The standard InChI is InChI=1S/C7H13NO.Li.H/c8-7(9)6-4-2-1-3-5-6;;/h6H,1-5H2,(H2,8,9);;. The molecule has 1 amide bonds. The van der Waals surface area contributed by atoms with Gasteiger partial charge in [-0.05, 0) is 12.8 Å². The van der Waals surface area contributed by atoms with Crippen LogP contribution in [0.3, 0.4) is 0 Å². The summed E-state index contributed by atoms with van der Waals surface area (Å²) < 4.78 is 0. The molecule has 3 heteroatoms. The Morgan fingerprint density at radius 3 is 2.00 bits per heavy atom. The van der Waals surface area contributed by atoms with Gasteiger partial charge in [-0.3, -0.25) is 4.79 Å². The monoisotopic (exact) mass is 135 g/mol. The van der Waals surface area contributed by atoms with Crippen LogP contribution in [0.5, 0.6) is 0 Å². The molecule has 2 N–H and O–H groups in total. The summed E-state index contributed by atoms with van der Waals surface area (Å²) in [6, 6.07) is 0. The van der Waals surface area contributed by atoms with Crippen LogP contribution >= 0.6 is 0 Å².